The van der Waals surface area contributed by atoms with E-state index in [4.69, 9.17) is 0 Å². The summed E-state index contributed by atoms with van der Waals surface area (Å²) in [6, 6.07) is 19.2. The molecule has 0 heterocycles. The van der Waals surface area contributed by atoms with Crippen LogP contribution in [0.1, 0.15) is 28.9 Å². The fraction of sp³-hybridized carbons (Fsp3) is 0.150. The smallest absolute Gasteiger partial charge is 0.339 e. The van der Waals surface area contributed by atoms with E-state index >= 15 is 0 Å². The van der Waals surface area contributed by atoms with Gasteiger partial charge in [0, 0.05) is 6.04 Å². The molecule has 0 bridgehead atoms. The van der Waals surface area contributed by atoms with Crippen molar-refractivity contribution in [2.75, 3.05) is 7.11 Å². The van der Waals surface area contributed by atoms with Gasteiger partial charge in [-0.3, -0.25) is 0 Å². The molecule has 0 spiro atoms. The maximum Gasteiger partial charge on any atom is 0.339 e. The van der Waals surface area contributed by atoms with E-state index < -0.39 is 22.0 Å². The van der Waals surface area contributed by atoms with E-state index in [1.165, 1.54) is 19.2 Å². The molecule has 0 aliphatic heterocycles. The first-order valence-electron chi connectivity index (χ1n) is 8.11. The second-order valence-electron chi connectivity index (χ2n) is 5.94. The van der Waals surface area contributed by atoms with E-state index in [2.05, 4.69) is 9.46 Å². The Bertz CT molecular complexity index is 1060. The van der Waals surface area contributed by atoms with Gasteiger partial charge in [-0.25, -0.2) is 17.9 Å². The number of fused-ring (bicyclic) bond motifs is 1. The van der Waals surface area contributed by atoms with Gasteiger partial charge in [-0.15, -0.1) is 0 Å². The van der Waals surface area contributed by atoms with Gasteiger partial charge in [0.1, 0.15) is 0 Å². The molecule has 0 radical (unpaired) electrons. The van der Waals surface area contributed by atoms with Crippen LogP contribution in [-0.2, 0) is 14.8 Å². The second-order valence-corrected chi connectivity index (χ2v) is 7.62. The molecule has 26 heavy (non-hydrogen) atoms. The predicted octanol–water partition coefficient (Wildman–Crippen LogP) is 3.67. The van der Waals surface area contributed by atoms with Crippen LogP contribution in [0.3, 0.4) is 0 Å². The first kappa shape index (κ1) is 18.1. The fourth-order valence-corrected chi connectivity index (χ4v) is 4.25. The van der Waals surface area contributed by atoms with Crippen LogP contribution < -0.4 is 4.72 Å². The maximum atomic E-state index is 12.8. The van der Waals surface area contributed by atoms with Crippen molar-refractivity contribution < 1.29 is 17.9 Å². The molecular weight excluding hydrogens is 350 g/mol. The number of rotatable bonds is 5. The Morgan fingerprint density at radius 2 is 1.62 bits per heavy atom. The Hall–Kier alpha value is -2.70. The molecule has 3 aromatic rings. The first-order valence-corrected chi connectivity index (χ1v) is 9.59. The average molecular weight is 369 g/mol. The van der Waals surface area contributed by atoms with Gasteiger partial charge in [0.25, 0.3) is 0 Å². The number of ether oxygens (including phenoxy) is 1. The molecule has 0 saturated heterocycles. The molecule has 0 fully saturated rings. The average Bonchev–Trinajstić information content (AvgIpc) is 2.66. The lowest BCUT2D eigenvalue weighted by molar-refractivity contribution is 0.0596. The van der Waals surface area contributed by atoms with Crippen LogP contribution in [0.5, 0.6) is 0 Å². The summed E-state index contributed by atoms with van der Waals surface area (Å²) >= 11 is 0. The van der Waals surface area contributed by atoms with Crippen molar-refractivity contribution in [3.63, 3.8) is 0 Å². The lowest BCUT2D eigenvalue weighted by Crippen LogP contribution is -2.28. The van der Waals surface area contributed by atoms with Gasteiger partial charge >= 0.3 is 5.97 Å². The molecule has 134 valence electrons. The Labute approximate surface area is 152 Å². The zero-order valence-corrected chi connectivity index (χ0v) is 15.3. The summed E-state index contributed by atoms with van der Waals surface area (Å²) in [5.41, 5.74) is 0.844. The van der Waals surface area contributed by atoms with Crippen molar-refractivity contribution in [2.45, 2.75) is 17.9 Å². The van der Waals surface area contributed by atoms with Crippen LogP contribution in [-0.4, -0.2) is 21.5 Å². The van der Waals surface area contributed by atoms with Crippen molar-refractivity contribution in [1.29, 1.82) is 0 Å². The molecule has 0 aliphatic carbocycles. The summed E-state index contributed by atoms with van der Waals surface area (Å²) in [6.07, 6.45) is 0. The number of sulfonamides is 1. The number of methoxy groups -OCH3 is 1. The fourth-order valence-electron chi connectivity index (χ4n) is 2.82. The van der Waals surface area contributed by atoms with Gasteiger partial charge in [0.05, 0.1) is 17.6 Å². The molecular formula is C20H19NO4S. The van der Waals surface area contributed by atoms with Crippen LogP contribution in [0.2, 0.25) is 0 Å². The van der Waals surface area contributed by atoms with E-state index in [-0.39, 0.29) is 10.5 Å². The molecule has 6 heteroatoms. The Morgan fingerprint density at radius 3 is 2.35 bits per heavy atom. The molecule has 1 atom stereocenters. The number of nitrogens with one attached hydrogen (secondary N) is 1. The van der Waals surface area contributed by atoms with Gasteiger partial charge < -0.3 is 4.74 Å². The Kier molecular flexibility index (Phi) is 5.06. The minimum Gasteiger partial charge on any atom is -0.465 e. The highest BCUT2D eigenvalue weighted by Gasteiger charge is 2.24. The molecule has 1 N–H and O–H groups in total. The number of carbonyl (C=O) groups is 1. The standard InChI is InChI=1S/C20H19NO4S/c1-14(16-12-11-15-7-3-4-8-17(15)13-16)21-26(23,24)19-10-6-5-9-18(19)20(22)25-2/h3-14,21H,1-2H3. The van der Waals surface area contributed by atoms with Crippen LogP contribution in [0, 0.1) is 0 Å². The van der Waals surface area contributed by atoms with Crippen LogP contribution in [0.25, 0.3) is 10.8 Å². The molecule has 0 aliphatic rings. The van der Waals surface area contributed by atoms with E-state index in [9.17, 15) is 13.2 Å². The quantitative estimate of drug-likeness (QED) is 0.697. The van der Waals surface area contributed by atoms with Gasteiger partial charge in [0.15, 0.2) is 0 Å². The lowest BCUT2D eigenvalue weighted by atomic mass is 10.0. The summed E-state index contributed by atoms with van der Waals surface area (Å²) in [5, 5.41) is 2.12. The van der Waals surface area contributed by atoms with E-state index in [1.807, 2.05) is 42.5 Å². The summed E-state index contributed by atoms with van der Waals surface area (Å²) < 4.78 is 32.9. The molecule has 0 amide bonds. The molecule has 3 aromatic carbocycles. The third kappa shape index (κ3) is 3.61. The van der Waals surface area contributed by atoms with Crippen LogP contribution in [0.15, 0.2) is 71.6 Å². The molecule has 1 unspecified atom stereocenters. The number of hydrogen-bond donors (Lipinski definition) is 1. The first-order chi connectivity index (χ1) is 12.4. The number of benzene rings is 3. The zero-order valence-electron chi connectivity index (χ0n) is 14.5. The van der Waals surface area contributed by atoms with Gasteiger partial charge in [0.2, 0.25) is 10.0 Å². The highest BCUT2D eigenvalue weighted by molar-refractivity contribution is 7.89. The summed E-state index contributed by atoms with van der Waals surface area (Å²) in [6.45, 7) is 1.77. The van der Waals surface area contributed by atoms with Crippen molar-refractivity contribution in [2.24, 2.45) is 0 Å². The maximum absolute atomic E-state index is 12.8. The Balaban J connectivity index is 1.92. The third-order valence-corrected chi connectivity index (χ3v) is 5.79. The van der Waals surface area contributed by atoms with Crippen LogP contribution in [0.4, 0.5) is 0 Å². The summed E-state index contributed by atoms with van der Waals surface area (Å²) in [5.74, 6) is -0.690. The van der Waals surface area contributed by atoms with Gasteiger partial charge in [-0.05, 0) is 41.5 Å². The number of hydrogen-bond acceptors (Lipinski definition) is 4. The molecule has 0 aromatic heterocycles. The largest absolute Gasteiger partial charge is 0.465 e. The number of carbonyl (C=O) groups excluding carboxylic acids is 1. The lowest BCUT2D eigenvalue weighted by Gasteiger charge is -2.16. The SMILES string of the molecule is COC(=O)c1ccccc1S(=O)(=O)NC(C)c1ccc2ccccc2c1. The summed E-state index contributed by atoms with van der Waals surface area (Å²) in [7, 11) is -2.68. The topological polar surface area (TPSA) is 72.5 Å². The van der Waals surface area contributed by atoms with Gasteiger partial charge in [-0.1, -0.05) is 48.5 Å². The highest BCUT2D eigenvalue weighted by atomic mass is 32.2. The van der Waals surface area contributed by atoms with Crippen molar-refractivity contribution in [3.05, 3.63) is 77.9 Å². The molecule has 0 saturated carbocycles. The second kappa shape index (κ2) is 7.27. The summed E-state index contributed by atoms with van der Waals surface area (Å²) in [4.78, 5) is 11.8. The monoisotopic (exact) mass is 369 g/mol. The number of esters is 1. The minimum absolute atomic E-state index is 0.00760. The van der Waals surface area contributed by atoms with E-state index in [1.54, 1.807) is 19.1 Å². The Morgan fingerprint density at radius 1 is 0.962 bits per heavy atom. The minimum atomic E-state index is -3.90. The van der Waals surface area contributed by atoms with Crippen LogP contribution >= 0.6 is 0 Å². The predicted molar refractivity (Wildman–Crippen MR) is 100 cm³/mol. The van der Waals surface area contributed by atoms with Crippen molar-refractivity contribution in [3.8, 4) is 0 Å². The van der Waals surface area contributed by atoms with Crippen molar-refractivity contribution >= 4 is 26.8 Å². The normalized spacial score (nSPS) is 12.7. The third-order valence-electron chi connectivity index (χ3n) is 4.19. The van der Waals surface area contributed by atoms with E-state index in [0.717, 1.165) is 16.3 Å². The van der Waals surface area contributed by atoms with E-state index in [0.29, 0.717) is 0 Å². The van der Waals surface area contributed by atoms with Gasteiger partial charge in [-0.2, -0.15) is 0 Å². The van der Waals surface area contributed by atoms with Crippen molar-refractivity contribution in [1.82, 2.24) is 4.72 Å². The molecule has 3 rings (SSSR count). The highest BCUT2D eigenvalue weighted by Crippen LogP contribution is 2.23. The molecule has 5 nitrogen and oxygen atoms in total. The zero-order chi connectivity index (χ0) is 18.7.